The van der Waals surface area contributed by atoms with Gasteiger partial charge in [-0.3, -0.25) is 4.79 Å². The van der Waals surface area contributed by atoms with Gasteiger partial charge in [0, 0.05) is 18.7 Å². The van der Waals surface area contributed by atoms with Crippen LogP contribution in [0.4, 0.5) is 0 Å². The molecule has 2 aromatic carbocycles. The first kappa shape index (κ1) is 19.3. The van der Waals surface area contributed by atoms with Gasteiger partial charge in [-0.05, 0) is 57.2 Å². The number of para-hydroxylation sites is 1. The quantitative estimate of drug-likeness (QED) is 0.572. The van der Waals surface area contributed by atoms with Crippen LogP contribution in [-0.2, 0) is 11.3 Å². The summed E-state index contributed by atoms with van der Waals surface area (Å²) in [6.07, 6.45) is 0.0964. The number of carbonyl (C=O) groups excluding carboxylic acids is 1. The second-order valence-electron chi connectivity index (χ2n) is 6.31. The summed E-state index contributed by atoms with van der Waals surface area (Å²) in [5, 5.41) is 0. The molecule has 3 rings (SSSR count). The fraction of sp³-hybridized carbons (Fsp3) is 0.333. The molecule has 0 radical (unpaired) electrons. The van der Waals surface area contributed by atoms with Crippen LogP contribution in [0.15, 0.2) is 53.5 Å². The smallest absolute Gasteiger partial charge is 0.279 e. The zero-order valence-corrected chi connectivity index (χ0v) is 16.7. The Morgan fingerprint density at radius 3 is 2.59 bits per heavy atom. The topological polar surface area (TPSA) is 52.8 Å². The number of benzene rings is 2. The van der Waals surface area contributed by atoms with E-state index >= 15 is 0 Å². The van der Waals surface area contributed by atoms with Gasteiger partial charge in [-0.2, -0.15) is 4.99 Å². The summed E-state index contributed by atoms with van der Waals surface area (Å²) in [5.41, 5.74) is 1.61. The Labute approximate surface area is 162 Å². The molecule has 6 heteroatoms. The molecule has 0 aliphatic rings. The van der Waals surface area contributed by atoms with Crippen LogP contribution >= 0.6 is 11.3 Å². The van der Waals surface area contributed by atoms with Crippen molar-refractivity contribution in [1.82, 2.24) is 4.57 Å². The van der Waals surface area contributed by atoms with Crippen molar-refractivity contribution >= 4 is 27.5 Å². The Morgan fingerprint density at radius 1 is 1.15 bits per heavy atom. The van der Waals surface area contributed by atoms with Crippen LogP contribution in [-0.4, -0.2) is 29.8 Å². The molecule has 1 aromatic heterocycles. The number of thiazole rings is 1. The Bertz CT molecular complexity index is 971. The molecule has 0 bridgehead atoms. The summed E-state index contributed by atoms with van der Waals surface area (Å²) in [4.78, 5) is 17.7. The maximum absolute atomic E-state index is 12.7. The number of fused-ring (bicyclic) bond motifs is 1. The molecule has 0 aliphatic heterocycles. The minimum absolute atomic E-state index is 0.0964. The van der Waals surface area contributed by atoms with Crippen molar-refractivity contribution in [1.29, 1.82) is 0 Å². The number of nitrogens with zero attached hydrogens (tertiary/aromatic N) is 2. The van der Waals surface area contributed by atoms with Crippen LogP contribution in [0.25, 0.3) is 10.2 Å². The average Bonchev–Trinajstić information content (AvgIpc) is 2.99. The van der Waals surface area contributed by atoms with Gasteiger partial charge in [0.15, 0.2) is 4.80 Å². The third kappa shape index (κ3) is 4.84. The molecule has 27 heavy (non-hydrogen) atoms. The number of aromatic nitrogens is 1. The van der Waals surface area contributed by atoms with Crippen LogP contribution in [0.1, 0.15) is 31.1 Å². The summed E-state index contributed by atoms with van der Waals surface area (Å²) in [7, 11) is 0. The van der Waals surface area contributed by atoms with Gasteiger partial charge in [0.1, 0.15) is 5.75 Å². The molecule has 0 unspecified atom stereocenters. The summed E-state index contributed by atoms with van der Waals surface area (Å²) >= 11 is 1.51. The van der Waals surface area contributed by atoms with Gasteiger partial charge in [-0.15, -0.1) is 0 Å². The van der Waals surface area contributed by atoms with E-state index < -0.39 is 0 Å². The van der Waals surface area contributed by atoms with E-state index in [1.807, 2.05) is 49.6 Å². The van der Waals surface area contributed by atoms with Gasteiger partial charge < -0.3 is 14.0 Å². The summed E-state index contributed by atoms with van der Waals surface area (Å²) in [6, 6.07) is 15.2. The van der Waals surface area contributed by atoms with Crippen molar-refractivity contribution in [3.05, 3.63) is 58.9 Å². The summed E-state index contributed by atoms with van der Waals surface area (Å²) < 4.78 is 14.3. The monoisotopic (exact) mass is 384 g/mol. The highest BCUT2D eigenvalue weighted by Crippen LogP contribution is 2.18. The van der Waals surface area contributed by atoms with Crippen molar-refractivity contribution in [3.63, 3.8) is 0 Å². The molecular weight excluding hydrogens is 360 g/mol. The number of amides is 1. The second kappa shape index (κ2) is 8.97. The van der Waals surface area contributed by atoms with Crippen molar-refractivity contribution in [2.24, 2.45) is 4.99 Å². The molecular formula is C21H24N2O3S. The van der Waals surface area contributed by atoms with E-state index in [9.17, 15) is 4.79 Å². The second-order valence-corrected chi connectivity index (χ2v) is 7.32. The molecule has 0 saturated heterocycles. The summed E-state index contributed by atoms with van der Waals surface area (Å²) in [6.45, 7) is 7.81. The number of hydrogen-bond acceptors (Lipinski definition) is 4. The van der Waals surface area contributed by atoms with E-state index in [0.717, 1.165) is 16.0 Å². The number of hydrogen-bond donors (Lipinski definition) is 0. The molecule has 0 spiro atoms. The third-order valence-corrected chi connectivity index (χ3v) is 4.98. The Kier molecular flexibility index (Phi) is 6.42. The molecule has 0 atom stereocenters. The minimum atomic E-state index is -0.261. The maximum atomic E-state index is 12.7. The lowest BCUT2D eigenvalue weighted by atomic mass is 10.2. The summed E-state index contributed by atoms with van der Waals surface area (Å²) in [5.74, 6) is 0.484. The zero-order valence-electron chi connectivity index (χ0n) is 15.8. The average molecular weight is 385 g/mol. The van der Waals surface area contributed by atoms with Crippen molar-refractivity contribution in [3.8, 4) is 5.75 Å². The zero-order chi connectivity index (χ0) is 19.2. The standard InChI is InChI=1S/C21H24N2O3S/c1-4-25-14-13-23-18-7-5-6-8-19(18)27-21(23)22-20(24)16-9-11-17(12-10-16)26-15(2)3/h5-12,15H,4,13-14H2,1-3H3. The highest BCUT2D eigenvalue weighted by Gasteiger charge is 2.09. The lowest BCUT2D eigenvalue weighted by Gasteiger charge is -2.09. The first-order valence-electron chi connectivity index (χ1n) is 9.10. The van der Waals surface area contributed by atoms with Crippen molar-refractivity contribution in [2.75, 3.05) is 13.2 Å². The third-order valence-electron chi connectivity index (χ3n) is 3.92. The fourth-order valence-corrected chi connectivity index (χ4v) is 3.78. The van der Waals surface area contributed by atoms with Gasteiger partial charge in [-0.1, -0.05) is 23.5 Å². The van der Waals surface area contributed by atoms with Gasteiger partial charge >= 0.3 is 0 Å². The Balaban J connectivity index is 1.92. The molecule has 0 saturated carbocycles. The fourth-order valence-electron chi connectivity index (χ4n) is 2.72. The largest absolute Gasteiger partial charge is 0.491 e. The van der Waals surface area contributed by atoms with Crippen LogP contribution in [0.3, 0.4) is 0 Å². The van der Waals surface area contributed by atoms with Gasteiger partial charge in [-0.25, -0.2) is 0 Å². The molecule has 1 heterocycles. The molecule has 0 N–H and O–H groups in total. The molecule has 0 aliphatic carbocycles. The highest BCUT2D eigenvalue weighted by atomic mass is 32.1. The number of ether oxygens (including phenoxy) is 2. The molecule has 0 fully saturated rings. The number of rotatable bonds is 7. The SMILES string of the molecule is CCOCCn1c(=NC(=O)c2ccc(OC(C)C)cc2)sc2ccccc21. The molecule has 1 amide bonds. The maximum Gasteiger partial charge on any atom is 0.279 e. The predicted octanol–water partition coefficient (Wildman–Crippen LogP) is 4.27. The molecule has 5 nitrogen and oxygen atoms in total. The lowest BCUT2D eigenvalue weighted by molar-refractivity contribution is 0.0996. The van der Waals surface area contributed by atoms with Gasteiger partial charge in [0.25, 0.3) is 5.91 Å². The van der Waals surface area contributed by atoms with Crippen LogP contribution in [0.5, 0.6) is 5.75 Å². The van der Waals surface area contributed by atoms with E-state index in [1.54, 1.807) is 24.3 Å². The lowest BCUT2D eigenvalue weighted by Crippen LogP contribution is -2.19. The highest BCUT2D eigenvalue weighted by molar-refractivity contribution is 7.16. The first-order valence-corrected chi connectivity index (χ1v) is 9.92. The molecule has 3 aromatic rings. The van der Waals surface area contributed by atoms with E-state index in [2.05, 4.69) is 4.99 Å². The van der Waals surface area contributed by atoms with E-state index in [-0.39, 0.29) is 12.0 Å². The van der Waals surface area contributed by atoms with Gasteiger partial charge in [0.2, 0.25) is 0 Å². The van der Waals surface area contributed by atoms with Crippen LogP contribution in [0, 0.1) is 0 Å². The minimum Gasteiger partial charge on any atom is -0.491 e. The van der Waals surface area contributed by atoms with E-state index in [0.29, 0.717) is 30.1 Å². The van der Waals surface area contributed by atoms with Gasteiger partial charge in [0.05, 0.1) is 22.9 Å². The Hall–Kier alpha value is -2.44. The first-order chi connectivity index (χ1) is 13.1. The van der Waals surface area contributed by atoms with Crippen molar-refractivity contribution in [2.45, 2.75) is 33.4 Å². The number of carbonyl (C=O) groups is 1. The van der Waals surface area contributed by atoms with E-state index in [1.165, 1.54) is 11.3 Å². The van der Waals surface area contributed by atoms with E-state index in [4.69, 9.17) is 9.47 Å². The molecule has 142 valence electrons. The van der Waals surface area contributed by atoms with Crippen LogP contribution in [0.2, 0.25) is 0 Å². The van der Waals surface area contributed by atoms with Crippen LogP contribution < -0.4 is 9.54 Å². The normalized spacial score (nSPS) is 12.1. The Morgan fingerprint density at radius 2 is 1.89 bits per heavy atom. The van der Waals surface area contributed by atoms with Crippen molar-refractivity contribution < 1.29 is 14.3 Å². The predicted molar refractivity (Wildman–Crippen MR) is 108 cm³/mol.